The molecular formula is C25H17FN6O. The van der Waals surface area contributed by atoms with Gasteiger partial charge in [-0.05, 0) is 53.1 Å². The number of benzene rings is 2. The van der Waals surface area contributed by atoms with Gasteiger partial charge in [0.1, 0.15) is 29.2 Å². The van der Waals surface area contributed by atoms with E-state index in [1.165, 1.54) is 25.6 Å². The van der Waals surface area contributed by atoms with Crippen LogP contribution >= 0.6 is 0 Å². The number of nitrogens with zero attached hydrogens (tertiary/aromatic N) is 4. The van der Waals surface area contributed by atoms with Gasteiger partial charge in [-0.1, -0.05) is 6.07 Å². The molecule has 7 nitrogen and oxygen atoms in total. The summed E-state index contributed by atoms with van der Waals surface area (Å²) in [6.45, 7) is 0. The summed E-state index contributed by atoms with van der Waals surface area (Å²) < 4.78 is 19.4. The monoisotopic (exact) mass is 436 g/mol. The summed E-state index contributed by atoms with van der Waals surface area (Å²) in [5.41, 5.74) is 6.65. The second kappa shape index (κ2) is 7.52. The molecule has 0 radical (unpaired) electrons. The number of fused-ring (bicyclic) bond motifs is 2. The van der Waals surface area contributed by atoms with Crippen LogP contribution in [0, 0.1) is 5.82 Å². The lowest BCUT2D eigenvalue weighted by Gasteiger charge is -2.06. The number of aromatic amines is 2. The van der Waals surface area contributed by atoms with Crippen LogP contribution in [-0.2, 0) is 0 Å². The Morgan fingerprint density at radius 2 is 1.76 bits per heavy atom. The van der Waals surface area contributed by atoms with E-state index in [4.69, 9.17) is 4.74 Å². The molecule has 2 N–H and O–H groups in total. The van der Waals surface area contributed by atoms with Crippen molar-refractivity contribution in [1.29, 1.82) is 0 Å². The summed E-state index contributed by atoms with van der Waals surface area (Å²) in [5.74, 6) is 0.0993. The van der Waals surface area contributed by atoms with Crippen LogP contribution in [0.1, 0.15) is 0 Å². The highest BCUT2D eigenvalue weighted by Crippen LogP contribution is 2.35. The van der Waals surface area contributed by atoms with Crippen molar-refractivity contribution in [1.82, 2.24) is 30.1 Å². The van der Waals surface area contributed by atoms with E-state index in [1.54, 1.807) is 18.6 Å². The predicted octanol–water partition coefficient (Wildman–Crippen LogP) is 5.38. The van der Waals surface area contributed by atoms with E-state index >= 15 is 0 Å². The number of pyridine rings is 1. The summed E-state index contributed by atoms with van der Waals surface area (Å²) in [4.78, 5) is 16.1. The van der Waals surface area contributed by atoms with Crippen molar-refractivity contribution in [2.75, 3.05) is 7.11 Å². The first-order valence-corrected chi connectivity index (χ1v) is 10.3. The molecule has 160 valence electrons. The maximum atomic E-state index is 14.2. The third kappa shape index (κ3) is 3.28. The summed E-state index contributed by atoms with van der Waals surface area (Å²) >= 11 is 0. The molecule has 0 bridgehead atoms. The SMILES string of the molecule is COc1cc(F)cc(-c2ccnc3[nH]c(-c4n[nH]c5ccc(-c6cncnc6)cc45)cc23)c1. The van der Waals surface area contributed by atoms with E-state index in [2.05, 4.69) is 36.2 Å². The molecule has 0 saturated carbocycles. The average molecular weight is 436 g/mol. The van der Waals surface area contributed by atoms with Gasteiger partial charge >= 0.3 is 0 Å². The molecule has 0 aliphatic heterocycles. The van der Waals surface area contributed by atoms with E-state index in [0.717, 1.165) is 44.4 Å². The quantitative estimate of drug-likeness (QED) is 0.387. The highest BCUT2D eigenvalue weighted by molar-refractivity contribution is 6.00. The van der Waals surface area contributed by atoms with Gasteiger partial charge in [-0.2, -0.15) is 5.10 Å². The van der Waals surface area contributed by atoms with Crippen LogP contribution in [0.4, 0.5) is 4.39 Å². The zero-order chi connectivity index (χ0) is 22.4. The lowest BCUT2D eigenvalue weighted by Crippen LogP contribution is -1.88. The Labute approximate surface area is 187 Å². The molecular weight excluding hydrogens is 419 g/mol. The van der Waals surface area contributed by atoms with Gasteiger partial charge < -0.3 is 9.72 Å². The third-order valence-corrected chi connectivity index (χ3v) is 5.66. The van der Waals surface area contributed by atoms with E-state index < -0.39 is 0 Å². The minimum Gasteiger partial charge on any atom is -0.497 e. The Morgan fingerprint density at radius 1 is 0.879 bits per heavy atom. The minimum atomic E-state index is -0.360. The highest BCUT2D eigenvalue weighted by atomic mass is 19.1. The lowest BCUT2D eigenvalue weighted by molar-refractivity contribution is 0.411. The maximum absolute atomic E-state index is 14.2. The van der Waals surface area contributed by atoms with Gasteiger partial charge in [0.05, 0.1) is 18.3 Å². The number of methoxy groups -OCH3 is 1. The van der Waals surface area contributed by atoms with Crippen molar-refractivity contribution < 1.29 is 9.13 Å². The molecule has 4 heterocycles. The summed E-state index contributed by atoms with van der Waals surface area (Å²) in [6.07, 6.45) is 6.76. The number of nitrogens with one attached hydrogen (secondary N) is 2. The van der Waals surface area contributed by atoms with Gasteiger partial charge in [0.25, 0.3) is 0 Å². The summed E-state index contributed by atoms with van der Waals surface area (Å²) in [6, 6.07) is 14.6. The van der Waals surface area contributed by atoms with Crippen molar-refractivity contribution in [3.05, 3.63) is 79.3 Å². The average Bonchev–Trinajstić information content (AvgIpc) is 3.47. The Hall–Kier alpha value is -4.59. The second-order valence-electron chi connectivity index (χ2n) is 7.64. The Bertz CT molecular complexity index is 1620. The first-order chi connectivity index (χ1) is 16.2. The molecule has 0 spiro atoms. The lowest BCUT2D eigenvalue weighted by atomic mass is 10.0. The molecule has 0 atom stereocenters. The molecule has 0 saturated heterocycles. The largest absolute Gasteiger partial charge is 0.497 e. The fourth-order valence-corrected chi connectivity index (χ4v) is 4.09. The highest BCUT2D eigenvalue weighted by Gasteiger charge is 2.15. The molecule has 33 heavy (non-hydrogen) atoms. The van der Waals surface area contributed by atoms with Gasteiger partial charge in [0.15, 0.2) is 0 Å². The van der Waals surface area contributed by atoms with Crippen LogP contribution in [0.2, 0.25) is 0 Å². The molecule has 0 amide bonds. The topological polar surface area (TPSA) is 92.4 Å². The first-order valence-electron chi connectivity index (χ1n) is 10.3. The Kier molecular flexibility index (Phi) is 4.36. The van der Waals surface area contributed by atoms with Gasteiger partial charge in [-0.3, -0.25) is 5.10 Å². The normalized spacial score (nSPS) is 11.3. The zero-order valence-corrected chi connectivity index (χ0v) is 17.5. The smallest absolute Gasteiger partial charge is 0.138 e. The number of rotatable bonds is 4. The van der Waals surface area contributed by atoms with E-state index in [-0.39, 0.29) is 5.82 Å². The van der Waals surface area contributed by atoms with Crippen LogP contribution in [-0.4, -0.2) is 37.2 Å². The number of ether oxygens (including phenoxy) is 1. The van der Waals surface area contributed by atoms with Crippen molar-refractivity contribution >= 4 is 21.9 Å². The Balaban J connectivity index is 1.50. The fourth-order valence-electron chi connectivity index (χ4n) is 4.09. The van der Waals surface area contributed by atoms with Gasteiger partial charge in [-0.25, -0.2) is 19.3 Å². The first kappa shape index (κ1) is 19.1. The number of halogens is 1. The number of hydrogen-bond acceptors (Lipinski definition) is 5. The van der Waals surface area contributed by atoms with Crippen molar-refractivity contribution in [2.24, 2.45) is 0 Å². The van der Waals surface area contributed by atoms with E-state index in [0.29, 0.717) is 17.0 Å². The maximum Gasteiger partial charge on any atom is 0.138 e. The molecule has 8 heteroatoms. The van der Waals surface area contributed by atoms with Crippen LogP contribution in [0.25, 0.3) is 55.6 Å². The van der Waals surface area contributed by atoms with Crippen LogP contribution in [0.3, 0.4) is 0 Å². The van der Waals surface area contributed by atoms with Gasteiger partial charge in [0, 0.05) is 41.0 Å². The molecule has 4 aromatic heterocycles. The molecule has 0 aliphatic carbocycles. The molecule has 0 unspecified atom stereocenters. The Morgan fingerprint density at radius 3 is 2.61 bits per heavy atom. The molecule has 6 rings (SSSR count). The molecule has 6 aromatic rings. The molecule has 0 fully saturated rings. The van der Waals surface area contributed by atoms with Gasteiger partial charge in [0.2, 0.25) is 0 Å². The molecule has 0 aliphatic rings. The van der Waals surface area contributed by atoms with Crippen LogP contribution < -0.4 is 4.74 Å². The van der Waals surface area contributed by atoms with E-state index in [1.807, 2.05) is 30.3 Å². The zero-order valence-electron chi connectivity index (χ0n) is 17.5. The van der Waals surface area contributed by atoms with Gasteiger partial charge in [-0.15, -0.1) is 0 Å². The minimum absolute atomic E-state index is 0.360. The van der Waals surface area contributed by atoms with Crippen molar-refractivity contribution in [2.45, 2.75) is 0 Å². The summed E-state index contributed by atoms with van der Waals surface area (Å²) in [5, 5.41) is 9.46. The standard InChI is InChI=1S/C25H17FN6O/c1-33-18-7-15(6-17(26)9-18)19-4-5-29-25-20(19)10-23(30-25)24-21-8-14(2-3-22(21)31-32-24)16-11-27-13-28-12-16/h2-13H,1H3,(H,29,30)(H,31,32). The van der Waals surface area contributed by atoms with Crippen molar-refractivity contribution in [3.63, 3.8) is 0 Å². The fraction of sp³-hybridized carbons (Fsp3) is 0.0400. The van der Waals surface area contributed by atoms with Crippen LogP contribution in [0.15, 0.2) is 73.4 Å². The molecule has 2 aromatic carbocycles. The van der Waals surface area contributed by atoms with E-state index in [9.17, 15) is 4.39 Å². The number of aromatic nitrogens is 6. The second-order valence-corrected chi connectivity index (χ2v) is 7.64. The number of hydrogen-bond donors (Lipinski definition) is 2. The van der Waals surface area contributed by atoms with Crippen molar-refractivity contribution in [3.8, 4) is 39.4 Å². The predicted molar refractivity (Wildman–Crippen MR) is 124 cm³/mol. The summed E-state index contributed by atoms with van der Waals surface area (Å²) in [7, 11) is 1.52. The third-order valence-electron chi connectivity index (χ3n) is 5.66. The van der Waals surface area contributed by atoms with Crippen LogP contribution in [0.5, 0.6) is 5.75 Å². The number of H-pyrrole nitrogens is 2.